The molecule has 0 atom stereocenters. The van der Waals surface area contributed by atoms with Gasteiger partial charge in [0.1, 0.15) is 5.60 Å². The van der Waals surface area contributed by atoms with Gasteiger partial charge in [-0.1, -0.05) is 0 Å². The van der Waals surface area contributed by atoms with Gasteiger partial charge in [-0.25, -0.2) is 15.6 Å². The number of ether oxygens (including phenoxy) is 1. The third-order valence-corrected chi connectivity index (χ3v) is 1.76. The number of carbonyl (C=O) groups is 1. The van der Waals surface area contributed by atoms with Crippen molar-refractivity contribution in [2.24, 2.45) is 5.84 Å². The normalized spacial score (nSPS) is 11.0. The molecule has 0 aliphatic heterocycles. The summed E-state index contributed by atoms with van der Waals surface area (Å²) in [6.45, 7) is 5.34. The molecule has 0 fully saturated rings. The van der Waals surface area contributed by atoms with Crippen molar-refractivity contribution in [2.45, 2.75) is 26.4 Å². The van der Waals surface area contributed by atoms with Crippen molar-refractivity contribution < 1.29 is 9.53 Å². The molecule has 0 saturated carbocycles. The molecular formula is C11H17N3O2. The number of amides is 1. The van der Waals surface area contributed by atoms with E-state index >= 15 is 0 Å². The molecule has 1 amide bonds. The highest BCUT2D eigenvalue weighted by molar-refractivity contribution is 5.86. The van der Waals surface area contributed by atoms with Gasteiger partial charge < -0.3 is 10.5 Å². The third-order valence-electron chi connectivity index (χ3n) is 1.76. The standard InChI is InChI=1S/C11H17N3O2/c1-11(2,3)16-10(15)14(13)9-6-4-8(12)5-7-9/h4-7H,12-13H2,1-3H3. The quantitative estimate of drug-likeness (QED) is 0.329. The Morgan fingerprint density at radius 3 is 2.19 bits per heavy atom. The first-order valence-electron chi connectivity index (χ1n) is 4.93. The maximum absolute atomic E-state index is 11.6. The van der Waals surface area contributed by atoms with Gasteiger partial charge in [-0.05, 0) is 45.0 Å². The summed E-state index contributed by atoms with van der Waals surface area (Å²) < 4.78 is 5.11. The van der Waals surface area contributed by atoms with Gasteiger partial charge in [-0.15, -0.1) is 0 Å². The lowest BCUT2D eigenvalue weighted by molar-refractivity contribution is 0.0580. The smallest absolute Gasteiger partial charge is 0.429 e. The summed E-state index contributed by atoms with van der Waals surface area (Å²) in [6, 6.07) is 6.64. The Morgan fingerprint density at radius 2 is 1.75 bits per heavy atom. The van der Waals surface area contributed by atoms with Crippen LogP contribution in [0.4, 0.5) is 16.2 Å². The monoisotopic (exact) mass is 223 g/mol. The van der Waals surface area contributed by atoms with Gasteiger partial charge >= 0.3 is 6.09 Å². The molecule has 1 rings (SSSR count). The number of nitrogens with two attached hydrogens (primary N) is 2. The Labute approximate surface area is 94.9 Å². The third kappa shape index (κ3) is 3.43. The minimum absolute atomic E-state index is 0.531. The fraction of sp³-hybridized carbons (Fsp3) is 0.364. The Bertz CT molecular complexity index is 368. The summed E-state index contributed by atoms with van der Waals surface area (Å²) in [5, 5.41) is 0.949. The average Bonchev–Trinajstić information content (AvgIpc) is 2.15. The van der Waals surface area contributed by atoms with Crippen molar-refractivity contribution in [3.8, 4) is 0 Å². The Kier molecular flexibility index (Phi) is 3.39. The maximum Gasteiger partial charge on any atom is 0.429 e. The van der Waals surface area contributed by atoms with E-state index in [1.54, 1.807) is 45.0 Å². The van der Waals surface area contributed by atoms with Crippen LogP contribution in [-0.4, -0.2) is 11.7 Å². The highest BCUT2D eigenvalue weighted by atomic mass is 16.6. The molecule has 5 heteroatoms. The number of anilines is 2. The second-order valence-electron chi connectivity index (χ2n) is 4.44. The van der Waals surface area contributed by atoms with E-state index in [9.17, 15) is 4.79 Å². The first-order valence-corrected chi connectivity index (χ1v) is 4.93. The second-order valence-corrected chi connectivity index (χ2v) is 4.44. The van der Waals surface area contributed by atoms with Gasteiger partial charge in [0.15, 0.2) is 0 Å². The number of rotatable bonds is 1. The molecule has 1 aromatic carbocycles. The molecular weight excluding hydrogens is 206 g/mol. The number of hydrogen-bond donors (Lipinski definition) is 2. The molecule has 1 aromatic rings. The highest BCUT2D eigenvalue weighted by Crippen LogP contribution is 2.16. The highest BCUT2D eigenvalue weighted by Gasteiger charge is 2.20. The molecule has 0 saturated heterocycles. The van der Waals surface area contributed by atoms with Crippen LogP contribution in [0.2, 0.25) is 0 Å². The minimum atomic E-state index is -0.600. The molecule has 0 aliphatic carbocycles. The van der Waals surface area contributed by atoms with Crippen LogP contribution in [0.15, 0.2) is 24.3 Å². The zero-order valence-corrected chi connectivity index (χ0v) is 9.73. The van der Waals surface area contributed by atoms with Crippen LogP contribution in [0.25, 0.3) is 0 Å². The van der Waals surface area contributed by atoms with Crippen molar-refractivity contribution in [1.82, 2.24) is 0 Å². The molecule has 0 unspecified atom stereocenters. The van der Waals surface area contributed by atoms with Gasteiger partial charge in [0.2, 0.25) is 0 Å². The molecule has 0 aromatic heterocycles. The second kappa shape index (κ2) is 4.40. The number of hydrazine groups is 1. The fourth-order valence-corrected chi connectivity index (χ4v) is 1.05. The van der Waals surface area contributed by atoms with Gasteiger partial charge in [0.05, 0.1) is 5.69 Å². The molecule has 0 aliphatic rings. The van der Waals surface area contributed by atoms with E-state index in [2.05, 4.69) is 0 Å². The molecule has 4 N–H and O–H groups in total. The molecule has 5 nitrogen and oxygen atoms in total. The topological polar surface area (TPSA) is 81.6 Å². The maximum atomic E-state index is 11.6. The van der Waals surface area contributed by atoms with Crippen LogP contribution in [-0.2, 0) is 4.74 Å². The lowest BCUT2D eigenvalue weighted by atomic mass is 10.2. The van der Waals surface area contributed by atoms with Crippen LogP contribution in [0.5, 0.6) is 0 Å². The predicted octanol–water partition coefficient (Wildman–Crippen LogP) is 1.88. The first kappa shape index (κ1) is 12.3. The van der Waals surface area contributed by atoms with Gasteiger partial charge in [-0.3, -0.25) is 0 Å². The number of carbonyl (C=O) groups excluding carboxylic acids is 1. The van der Waals surface area contributed by atoms with E-state index in [0.29, 0.717) is 11.4 Å². The van der Waals surface area contributed by atoms with Crippen molar-refractivity contribution in [2.75, 3.05) is 10.7 Å². The summed E-state index contributed by atoms with van der Waals surface area (Å²) >= 11 is 0. The van der Waals surface area contributed by atoms with Gasteiger partial charge in [0, 0.05) is 5.69 Å². The largest absolute Gasteiger partial charge is 0.442 e. The van der Waals surface area contributed by atoms with E-state index in [4.69, 9.17) is 16.3 Å². The summed E-state index contributed by atoms with van der Waals surface area (Å²) in [5.41, 5.74) is 6.11. The zero-order valence-electron chi connectivity index (χ0n) is 9.73. The van der Waals surface area contributed by atoms with E-state index < -0.39 is 11.7 Å². The van der Waals surface area contributed by atoms with Crippen molar-refractivity contribution in [1.29, 1.82) is 0 Å². The Hall–Kier alpha value is -1.75. The Balaban J connectivity index is 2.74. The van der Waals surface area contributed by atoms with Crippen LogP contribution in [0, 0.1) is 0 Å². The van der Waals surface area contributed by atoms with E-state index in [1.165, 1.54) is 0 Å². The predicted molar refractivity (Wildman–Crippen MR) is 63.8 cm³/mol. The molecule has 0 radical (unpaired) electrons. The Morgan fingerprint density at radius 1 is 1.25 bits per heavy atom. The zero-order chi connectivity index (χ0) is 12.3. The molecule has 0 heterocycles. The number of hydrogen-bond acceptors (Lipinski definition) is 4. The summed E-state index contributed by atoms with van der Waals surface area (Å²) in [5.74, 6) is 5.61. The lowest BCUT2D eigenvalue weighted by Gasteiger charge is -2.24. The van der Waals surface area contributed by atoms with E-state index in [1.807, 2.05) is 0 Å². The molecule has 0 spiro atoms. The van der Waals surface area contributed by atoms with Crippen molar-refractivity contribution >= 4 is 17.5 Å². The molecule has 88 valence electrons. The van der Waals surface area contributed by atoms with Crippen LogP contribution >= 0.6 is 0 Å². The fourth-order valence-electron chi connectivity index (χ4n) is 1.05. The lowest BCUT2D eigenvalue weighted by Crippen LogP contribution is -2.41. The van der Waals surface area contributed by atoms with Crippen LogP contribution < -0.4 is 16.6 Å². The first-order chi connectivity index (χ1) is 7.29. The van der Waals surface area contributed by atoms with Crippen molar-refractivity contribution in [3.05, 3.63) is 24.3 Å². The van der Waals surface area contributed by atoms with Crippen LogP contribution in [0.1, 0.15) is 20.8 Å². The SMILES string of the molecule is CC(C)(C)OC(=O)N(N)c1ccc(N)cc1. The van der Waals surface area contributed by atoms with Gasteiger partial charge in [0.25, 0.3) is 0 Å². The van der Waals surface area contributed by atoms with Crippen molar-refractivity contribution in [3.63, 3.8) is 0 Å². The minimum Gasteiger partial charge on any atom is -0.442 e. The summed E-state index contributed by atoms with van der Waals surface area (Å²) in [4.78, 5) is 11.6. The molecule has 16 heavy (non-hydrogen) atoms. The number of nitrogen functional groups attached to an aromatic ring is 1. The number of benzene rings is 1. The summed E-state index contributed by atoms with van der Waals surface area (Å²) in [7, 11) is 0. The summed E-state index contributed by atoms with van der Waals surface area (Å²) in [6.07, 6.45) is -0.600. The average molecular weight is 223 g/mol. The number of nitrogens with zero attached hydrogens (tertiary/aromatic N) is 1. The van der Waals surface area contributed by atoms with E-state index in [-0.39, 0.29) is 0 Å². The van der Waals surface area contributed by atoms with Crippen LogP contribution in [0.3, 0.4) is 0 Å². The molecule has 0 bridgehead atoms. The van der Waals surface area contributed by atoms with E-state index in [0.717, 1.165) is 5.01 Å². The van der Waals surface area contributed by atoms with Gasteiger partial charge in [-0.2, -0.15) is 0 Å².